The number of rotatable bonds is 2. The van der Waals surface area contributed by atoms with Crippen LogP contribution in [0.3, 0.4) is 0 Å². The Morgan fingerprint density at radius 2 is 2.00 bits per heavy atom. The molecule has 4 heteroatoms. The molecule has 0 radical (unpaired) electrons. The van der Waals surface area contributed by atoms with E-state index in [1.807, 2.05) is 23.9 Å². The first kappa shape index (κ1) is 12.4. The van der Waals surface area contributed by atoms with E-state index in [0.717, 1.165) is 24.1 Å². The number of aromatic nitrogens is 2. The van der Waals surface area contributed by atoms with Gasteiger partial charge in [0.2, 0.25) is 0 Å². The number of hydrogen-bond acceptors (Lipinski definition) is 3. The minimum absolute atomic E-state index is 0.494. The zero-order valence-electron chi connectivity index (χ0n) is 11.8. The number of para-hydroxylation sites is 1. The zero-order valence-corrected chi connectivity index (χ0v) is 11.8. The standard InChI is InChI=1S/C16H21N3O/c1-19-15-5-3-2-4-13(15)14(18-19)10-16(20)8-11-6-7-12(9-16)17-11/h2-5,11-12,17,20H,6-10H2,1H3. The Hall–Kier alpha value is -1.39. The van der Waals surface area contributed by atoms with Gasteiger partial charge in [-0.25, -0.2) is 0 Å². The molecule has 1 aromatic heterocycles. The summed E-state index contributed by atoms with van der Waals surface area (Å²) in [4.78, 5) is 0. The predicted octanol–water partition coefficient (Wildman–Crippen LogP) is 1.76. The van der Waals surface area contributed by atoms with Gasteiger partial charge in [0.15, 0.2) is 0 Å². The van der Waals surface area contributed by atoms with Crippen LogP contribution in [0.1, 0.15) is 31.4 Å². The van der Waals surface area contributed by atoms with Gasteiger partial charge in [0.05, 0.1) is 16.8 Å². The molecule has 106 valence electrons. The molecule has 2 aromatic rings. The van der Waals surface area contributed by atoms with Gasteiger partial charge in [0.1, 0.15) is 0 Å². The van der Waals surface area contributed by atoms with Crippen LogP contribution in [-0.2, 0) is 13.5 Å². The highest BCUT2D eigenvalue weighted by molar-refractivity contribution is 5.81. The van der Waals surface area contributed by atoms with E-state index < -0.39 is 5.60 Å². The van der Waals surface area contributed by atoms with Crippen LogP contribution < -0.4 is 5.32 Å². The summed E-state index contributed by atoms with van der Waals surface area (Å²) in [5, 5.41) is 20.4. The van der Waals surface area contributed by atoms with Crippen molar-refractivity contribution in [2.75, 3.05) is 0 Å². The van der Waals surface area contributed by atoms with Crippen molar-refractivity contribution in [2.24, 2.45) is 7.05 Å². The molecule has 0 spiro atoms. The Morgan fingerprint density at radius 1 is 1.30 bits per heavy atom. The summed E-state index contributed by atoms with van der Waals surface area (Å²) in [6.45, 7) is 0. The SMILES string of the molecule is Cn1nc(CC2(O)CC3CCC(C2)N3)c2ccccc21. The molecule has 2 unspecified atom stereocenters. The van der Waals surface area contributed by atoms with Gasteiger partial charge >= 0.3 is 0 Å². The Labute approximate surface area is 118 Å². The Balaban J connectivity index is 1.67. The van der Waals surface area contributed by atoms with Crippen LogP contribution in [0.4, 0.5) is 0 Å². The number of aryl methyl sites for hydroxylation is 1. The average molecular weight is 271 g/mol. The van der Waals surface area contributed by atoms with E-state index in [2.05, 4.69) is 22.5 Å². The van der Waals surface area contributed by atoms with Gasteiger partial charge in [0, 0.05) is 30.9 Å². The summed E-state index contributed by atoms with van der Waals surface area (Å²) in [7, 11) is 1.97. The van der Waals surface area contributed by atoms with Crippen molar-refractivity contribution < 1.29 is 5.11 Å². The first-order chi connectivity index (χ1) is 9.63. The summed E-state index contributed by atoms with van der Waals surface area (Å²) in [6.07, 6.45) is 4.79. The van der Waals surface area contributed by atoms with Crippen LogP contribution in [0.2, 0.25) is 0 Å². The number of hydrogen-bond donors (Lipinski definition) is 2. The maximum atomic E-state index is 11.0. The molecule has 2 bridgehead atoms. The lowest BCUT2D eigenvalue weighted by molar-refractivity contribution is -0.00669. The van der Waals surface area contributed by atoms with Crippen molar-refractivity contribution in [3.05, 3.63) is 30.0 Å². The smallest absolute Gasteiger partial charge is 0.0733 e. The van der Waals surface area contributed by atoms with Gasteiger partial charge in [-0.1, -0.05) is 18.2 Å². The fourth-order valence-corrected chi connectivity index (χ4v) is 4.10. The molecule has 2 atom stereocenters. The summed E-state index contributed by atoms with van der Waals surface area (Å²) in [5.41, 5.74) is 1.59. The molecule has 2 aliphatic rings. The van der Waals surface area contributed by atoms with Crippen molar-refractivity contribution in [3.63, 3.8) is 0 Å². The van der Waals surface area contributed by atoms with Gasteiger partial charge in [-0.3, -0.25) is 4.68 Å². The van der Waals surface area contributed by atoms with Crippen molar-refractivity contribution in [1.29, 1.82) is 0 Å². The molecule has 20 heavy (non-hydrogen) atoms. The van der Waals surface area contributed by atoms with Crippen molar-refractivity contribution >= 4 is 10.9 Å². The van der Waals surface area contributed by atoms with Crippen LogP contribution in [0.15, 0.2) is 24.3 Å². The summed E-state index contributed by atoms with van der Waals surface area (Å²) in [5.74, 6) is 0. The van der Waals surface area contributed by atoms with E-state index in [1.54, 1.807) is 0 Å². The fraction of sp³-hybridized carbons (Fsp3) is 0.562. The fourth-order valence-electron chi connectivity index (χ4n) is 4.10. The molecule has 0 amide bonds. The highest BCUT2D eigenvalue weighted by Gasteiger charge is 2.42. The highest BCUT2D eigenvalue weighted by Crippen LogP contribution is 2.36. The lowest BCUT2D eigenvalue weighted by atomic mass is 9.83. The van der Waals surface area contributed by atoms with Crippen molar-refractivity contribution in [3.8, 4) is 0 Å². The first-order valence-electron chi connectivity index (χ1n) is 7.52. The molecule has 0 saturated carbocycles. The van der Waals surface area contributed by atoms with E-state index in [0.29, 0.717) is 18.5 Å². The van der Waals surface area contributed by atoms with Crippen molar-refractivity contribution in [2.45, 2.75) is 49.8 Å². The number of benzene rings is 1. The minimum Gasteiger partial charge on any atom is -0.389 e. The highest BCUT2D eigenvalue weighted by atomic mass is 16.3. The number of nitrogens with zero attached hydrogens (tertiary/aromatic N) is 2. The molecular weight excluding hydrogens is 250 g/mol. The molecule has 1 aromatic carbocycles. The Bertz CT molecular complexity index is 636. The lowest BCUT2D eigenvalue weighted by Crippen LogP contribution is -2.49. The van der Waals surface area contributed by atoms with E-state index >= 15 is 0 Å². The number of piperidine rings is 1. The number of nitrogens with one attached hydrogen (secondary N) is 1. The largest absolute Gasteiger partial charge is 0.389 e. The van der Waals surface area contributed by atoms with E-state index in [4.69, 9.17) is 0 Å². The Morgan fingerprint density at radius 3 is 2.75 bits per heavy atom. The number of aliphatic hydroxyl groups is 1. The van der Waals surface area contributed by atoms with E-state index in [9.17, 15) is 5.11 Å². The van der Waals surface area contributed by atoms with Crippen LogP contribution in [0.25, 0.3) is 10.9 Å². The molecule has 2 fully saturated rings. The molecule has 2 saturated heterocycles. The maximum Gasteiger partial charge on any atom is 0.0733 e. The first-order valence-corrected chi connectivity index (χ1v) is 7.52. The van der Waals surface area contributed by atoms with E-state index in [-0.39, 0.29) is 0 Å². The maximum absolute atomic E-state index is 11.0. The molecule has 0 aliphatic carbocycles. The zero-order chi connectivity index (χ0) is 13.7. The summed E-state index contributed by atoms with van der Waals surface area (Å²) >= 11 is 0. The second-order valence-electron chi connectivity index (χ2n) is 6.53. The number of fused-ring (bicyclic) bond motifs is 3. The van der Waals surface area contributed by atoms with Crippen molar-refractivity contribution in [1.82, 2.24) is 15.1 Å². The average Bonchev–Trinajstić information content (AvgIpc) is 2.91. The van der Waals surface area contributed by atoms with Crippen LogP contribution in [0, 0.1) is 0 Å². The quantitative estimate of drug-likeness (QED) is 0.875. The summed E-state index contributed by atoms with van der Waals surface area (Å²) in [6, 6.07) is 9.26. The predicted molar refractivity (Wildman–Crippen MR) is 78.5 cm³/mol. The second kappa shape index (κ2) is 4.30. The molecule has 4 nitrogen and oxygen atoms in total. The third kappa shape index (κ3) is 1.95. The lowest BCUT2D eigenvalue weighted by Gasteiger charge is -2.36. The molecule has 3 heterocycles. The van der Waals surface area contributed by atoms with Gasteiger partial charge in [-0.05, 0) is 31.7 Å². The Kier molecular flexibility index (Phi) is 2.66. The molecule has 2 aliphatic heterocycles. The molecule has 4 rings (SSSR count). The van der Waals surface area contributed by atoms with Crippen LogP contribution in [-0.4, -0.2) is 32.6 Å². The summed E-state index contributed by atoms with van der Waals surface area (Å²) < 4.78 is 1.92. The normalized spacial score (nSPS) is 32.9. The van der Waals surface area contributed by atoms with E-state index in [1.165, 1.54) is 18.2 Å². The van der Waals surface area contributed by atoms with Gasteiger partial charge in [0.25, 0.3) is 0 Å². The van der Waals surface area contributed by atoms with Gasteiger partial charge < -0.3 is 10.4 Å². The minimum atomic E-state index is -0.589. The topological polar surface area (TPSA) is 50.1 Å². The monoisotopic (exact) mass is 271 g/mol. The van der Waals surface area contributed by atoms with Crippen LogP contribution >= 0.6 is 0 Å². The second-order valence-corrected chi connectivity index (χ2v) is 6.53. The van der Waals surface area contributed by atoms with Crippen LogP contribution in [0.5, 0.6) is 0 Å². The van der Waals surface area contributed by atoms with Gasteiger partial charge in [-0.2, -0.15) is 5.10 Å². The third-order valence-electron chi connectivity index (χ3n) is 4.92. The molecular formula is C16H21N3O. The molecule has 2 N–H and O–H groups in total. The third-order valence-corrected chi connectivity index (χ3v) is 4.92. The van der Waals surface area contributed by atoms with Gasteiger partial charge in [-0.15, -0.1) is 0 Å².